The van der Waals surface area contributed by atoms with Gasteiger partial charge in [-0.15, -0.1) is 0 Å². The highest BCUT2D eigenvalue weighted by molar-refractivity contribution is 5.24. The Morgan fingerprint density at radius 1 is 1.29 bits per heavy atom. The van der Waals surface area contributed by atoms with Crippen molar-refractivity contribution >= 4 is 0 Å². The fourth-order valence-electron chi connectivity index (χ4n) is 2.30. The van der Waals surface area contributed by atoms with Crippen LogP contribution in [0.4, 0.5) is 4.39 Å². The third-order valence-corrected chi connectivity index (χ3v) is 3.49. The van der Waals surface area contributed by atoms with Crippen molar-refractivity contribution < 1.29 is 4.39 Å². The average molecular weight is 232 g/mol. The third-order valence-electron chi connectivity index (χ3n) is 3.49. The van der Waals surface area contributed by atoms with Crippen molar-refractivity contribution in [1.82, 2.24) is 4.90 Å². The maximum atomic E-state index is 12.9. The molecular weight excluding hydrogens is 215 g/mol. The average Bonchev–Trinajstić information content (AvgIpc) is 2.35. The molecule has 90 valence electrons. The van der Waals surface area contributed by atoms with Crippen LogP contribution in [-0.2, 0) is 0 Å². The number of rotatable bonds is 2. The molecule has 2 nitrogen and oxygen atoms in total. The van der Waals surface area contributed by atoms with Crippen molar-refractivity contribution in [1.29, 1.82) is 5.26 Å². The highest BCUT2D eigenvalue weighted by Gasteiger charge is 2.24. The van der Waals surface area contributed by atoms with E-state index in [2.05, 4.69) is 17.9 Å². The molecule has 0 aliphatic carbocycles. The Kier molecular flexibility index (Phi) is 3.75. The Morgan fingerprint density at radius 3 is 2.41 bits per heavy atom. The van der Waals surface area contributed by atoms with Gasteiger partial charge in [0.25, 0.3) is 0 Å². The summed E-state index contributed by atoms with van der Waals surface area (Å²) < 4.78 is 12.9. The molecule has 1 atom stereocenters. The molecule has 0 amide bonds. The van der Waals surface area contributed by atoms with Crippen molar-refractivity contribution in [2.75, 3.05) is 13.1 Å². The number of likely N-dealkylation sites (tertiary alicyclic amines) is 1. The highest BCUT2D eigenvalue weighted by atomic mass is 19.1. The molecule has 0 saturated carbocycles. The van der Waals surface area contributed by atoms with Crippen LogP contribution in [-0.4, -0.2) is 18.0 Å². The molecule has 17 heavy (non-hydrogen) atoms. The summed E-state index contributed by atoms with van der Waals surface area (Å²) in [6.07, 6.45) is 2.28. The predicted molar refractivity (Wildman–Crippen MR) is 64.7 cm³/mol. The van der Waals surface area contributed by atoms with Gasteiger partial charge in [-0.2, -0.15) is 5.26 Å². The van der Waals surface area contributed by atoms with E-state index >= 15 is 0 Å². The number of halogens is 1. The summed E-state index contributed by atoms with van der Waals surface area (Å²) in [4.78, 5) is 2.19. The van der Waals surface area contributed by atoms with Crippen LogP contribution in [0, 0.1) is 23.1 Å². The second-order valence-electron chi connectivity index (χ2n) is 4.80. The zero-order valence-electron chi connectivity index (χ0n) is 10.1. The molecule has 0 radical (unpaired) electrons. The van der Waals surface area contributed by atoms with Crippen LogP contribution in [0.2, 0.25) is 0 Å². The highest BCUT2D eigenvalue weighted by Crippen LogP contribution is 2.26. The zero-order chi connectivity index (χ0) is 12.3. The van der Waals surface area contributed by atoms with E-state index in [-0.39, 0.29) is 11.9 Å². The Labute approximate surface area is 102 Å². The monoisotopic (exact) mass is 232 g/mol. The molecular formula is C14H17FN2. The molecule has 0 aromatic heterocycles. The smallest absolute Gasteiger partial charge is 0.123 e. The van der Waals surface area contributed by atoms with Gasteiger partial charge in [-0.1, -0.05) is 19.1 Å². The fraction of sp³-hybridized carbons (Fsp3) is 0.500. The van der Waals surface area contributed by atoms with Gasteiger partial charge in [-0.05, 0) is 49.5 Å². The molecule has 1 aliphatic heterocycles. The van der Waals surface area contributed by atoms with Gasteiger partial charge in [0.1, 0.15) is 11.9 Å². The molecule has 0 spiro atoms. The first-order chi connectivity index (χ1) is 8.20. The molecule has 1 fully saturated rings. The SMILES string of the molecule is CC1CCN(C(C#N)c2ccc(F)cc2)CC1. The van der Waals surface area contributed by atoms with E-state index in [0.29, 0.717) is 0 Å². The molecule has 1 aromatic carbocycles. The lowest BCUT2D eigenvalue weighted by atomic mass is 9.96. The lowest BCUT2D eigenvalue weighted by molar-refractivity contribution is 0.165. The van der Waals surface area contributed by atoms with E-state index in [1.165, 1.54) is 12.1 Å². The largest absolute Gasteiger partial charge is 0.284 e. The first-order valence-electron chi connectivity index (χ1n) is 6.10. The van der Waals surface area contributed by atoms with E-state index in [4.69, 9.17) is 0 Å². The Hall–Kier alpha value is -1.40. The van der Waals surface area contributed by atoms with Gasteiger partial charge in [0.05, 0.1) is 6.07 Å². The third kappa shape index (κ3) is 2.83. The first-order valence-corrected chi connectivity index (χ1v) is 6.10. The molecule has 0 bridgehead atoms. The molecule has 1 unspecified atom stereocenters. The quantitative estimate of drug-likeness (QED) is 0.783. The van der Waals surface area contributed by atoms with E-state index in [1.807, 2.05) is 0 Å². The van der Waals surface area contributed by atoms with Gasteiger partial charge in [0, 0.05) is 0 Å². The second-order valence-corrected chi connectivity index (χ2v) is 4.80. The van der Waals surface area contributed by atoms with Crippen molar-refractivity contribution in [3.05, 3.63) is 35.6 Å². The standard InChI is InChI=1S/C14H17FN2/c1-11-6-8-17(9-7-11)14(10-16)12-2-4-13(15)5-3-12/h2-5,11,14H,6-9H2,1H3. The number of nitrogens with zero attached hydrogens (tertiary/aromatic N) is 2. The fourth-order valence-corrected chi connectivity index (χ4v) is 2.30. The molecule has 3 heteroatoms. The molecule has 2 rings (SSSR count). The van der Waals surface area contributed by atoms with Gasteiger partial charge in [0.15, 0.2) is 0 Å². The molecule has 0 N–H and O–H groups in total. The van der Waals surface area contributed by atoms with Crippen LogP contribution in [0.15, 0.2) is 24.3 Å². The Bertz CT molecular complexity index is 399. The molecule has 1 heterocycles. The summed E-state index contributed by atoms with van der Waals surface area (Å²) >= 11 is 0. The van der Waals surface area contributed by atoms with Crippen molar-refractivity contribution in [2.24, 2.45) is 5.92 Å². The predicted octanol–water partition coefficient (Wildman–Crippen LogP) is 3.12. The van der Waals surface area contributed by atoms with Crippen LogP contribution < -0.4 is 0 Å². The summed E-state index contributed by atoms with van der Waals surface area (Å²) in [6, 6.07) is 8.36. The lowest BCUT2D eigenvalue weighted by Crippen LogP contribution is -2.35. The van der Waals surface area contributed by atoms with Crippen LogP contribution in [0.1, 0.15) is 31.4 Å². The lowest BCUT2D eigenvalue weighted by Gasteiger charge is -2.33. The summed E-state index contributed by atoms with van der Waals surface area (Å²) in [5.41, 5.74) is 0.892. The normalized spacial score (nSPS) is 19.8. The minimum absolute atomic E-state index is 0.233. The molecule has 1 aromatic rings. The van der Waals surface area contributed by atoms with Crippen molar-refractivity contribution in [3.63, 3.8) is 0 Å². The van der Waals surface area contributed by atoms with Crippen LogP contribution in [0.25, 0.3) is 0 Å². The summed E-state index contributed by atoms with van der Waals surface area (Å²) in [5, 5.41) is 9.28. The topological polar surface area (TPSA) is 27.0 Å². The van der Waals surface area contributed by atoms with Crippen LogP contribution in [0.3, 0.4) is 0 Å². The number of piperidine rings is 1. The van der Waals surface area contributed by atoms with Crippen molar-refractivity contribution in [2.45, 2.75) is 25.8 Å². The minimum Gasteiger partial charge on any atom is -0.284 e. The van der Waals surface area contributed by atoms with E-state index in [0.717, 1.165) is 37.4 Å². The van der Waals surface area contributed by atoms with Gasteiger partial charge >= 0.3 is 0 Å². The number of benzene rings is 1. The van der Waals surface area contributed by atoms with Gasteiger partial charge in [0.2, 0.25) is 0 Å². The summed E-state index contributed by atoms with van der Waals surface area (Å²) in [7, 11) is 0. The van der Waals surface area contributed by atoms with Gasteiger partial charge < -0.3 is 0 Å². The van der Waals surface area contributed by atoms with E-state index in [1.54, 1.807) is 12.1 Å². The van der Waals surface area contributed by atoms with Crippen molar-refractivity contribution in [3.8, 4) is 6.07 Å². The van der Waals surface area contributed by atoms with Crippen LogP contribution in [0.5, 0.6) is 0 Å². The summed E-state index contributed by atoms with van der Waals surface area (Å²) in [5.74, 6) is 0.497. The first kappa shape index (κ1) is 12.1. The van der Waals surface area contributed by atoms with Gasteiger partial charge in [-0.25, -0.2) is 4.39 Å². The molecule has 1 aliphatic rings. The molecule has 1 saturated heterocycles. The minimum atomic E-state index is -0.252. The number of hydrogen-bond acceptors (Lipinski definition) is 2. The maximum Gasteiger partial charge on any atom is 0.123 e. The van der Waals surface area contributed by atoms with E-state index in [9.17, 15) is 9.65 Å². The maximum absolute atomic E-state index is 12.9. The summed E-state index contributed by atoms with van der Waals surface area (Å²) in [6.45, 7) is 4.16. The Morgan fingerprint density at radius 2 is 1.88 bits per heavy atom. The number of nitriles is 1. The zero-order valence-corrected chi connectivity index (χ0v) is 10.1. The van der Waals surface area contributed by atoms with Gasteiger partial charge in [-0.3, -0.25) is 4.90 Å². The Balaban J connectivity index is 2.11. The second kappa shape index (κ2) is 5.29. The van der Waals surface area contributed by atoms with E-state index < -0.39 is 0 Å². The number of hydrogen-bond donors (Lipinski definition) is 0. The van der Waals surface area contributed by atoms with Crippen LogP contribution >= 0.6 is 0 Å².